The van der Waals surface area contributed by atoms with Gasteiger partial charge in [-0.15, -0.1) is 0 Å². The Bertz CT molecular complexity index is 877. The average molecular weight is 403 g/mol. The number of likely N-dealkylation sites (tertiary alicyclic amines) is 1. The Morgan fingerprint density at radius 1 is 1.04 bits per heavy atom. The Labute approximate surface area is 166 Å². The van der Waals surface area contributed by atoms with Crippen LogP contribution >= 0.6 is 0 Å². The van der Waals surface area contributed by atoms with E-state index in [1.54, 1.807) is 48.1 Å². The van der Waals surface area contributed by atoms with E-state index in [0.29, 0.717) is 10.9 Å². The van der Waals surface area contributed by atoms with Gasteiger partial charge in [0.25, 0.3) is 0 Å². The number of methoxy groups -OCH3 is 1. The number of hydrogen-bond acceptors (Lipinski definition) is 6. The van der Waals surface area contributed by atoms with E-state index in [0.717, 1.165) is 50.9 Å². The van der Waals surface area contributed by atoms with Gasteiger partial charge in [0.1, 0.15) is 0 Å². The van der Waals surface area contributed by atoms with Crippen molar-refractivity contribution in [3.8, 4) is 6.01 Å². The molecule has 28 heavy (non-hydrogen) atoms. The molecule has 1 aromatic carbocycles. The molecule has 0 N–H and O–H groups in total. The fraction of sp³-hybridized carbons (Fsp3) is 0.500. The summed E-state index contributed by atoms with van der Waals surface area (Å²) in [5.74, 6) is 0. The van der Waals surface area contributed by atoms with E-state index in [-0.39, 0.29) is 12.1 Å². The summed E-state index contributed by atoms with van der Waals surface area (Å²) in [5, 5.41) is 0. The minimum Gasteiger partial charge on any atom is -0.467 e. The third-order valence-corrected chi connectivity index (χ3v) is 7.43. The fourth-order valence-corrected chi connectivity index (χ4v) is 5.81. The highest BCUT2D eigenvalue weighted by Gasteiger charge is 2.43. The van der Waals surface area contributed by atoms with E-state index >= 15 is 0 Å². The number of aromatic nitrogens is 2. The second kappa shape index (κ2) is 8.14. The molecule has 1 saturated carbocycles. The third kappa shape index (κ3) is 4.19. The molecule has 2 aromatic rings. The first-order valence-electron chi connectivity index (χ1n) is 9.74. The predicted molar refractivity (Wildman–Crippen MR) is 105 cm³/mol. The third-order valence-electron chi connectivity index (χ3n) is 5.41. The van der Waals surface area contributed by atoms with E-state index in [2.05, 4.69) is 14.9 Å². The molecule has 4 rings (SSSR count). The average Bonchev–Trinajstić information content (AvgIpc) is 3.55. The molecule has 8 heteroatoms. The van der Waals surface area contributed by atoms with Crippen molar-refractivity contribution >= 4 is 10.0 Å². The van der Waals surface area contributed by atoms with Crippen LogP contribution in [-0.4, -0.2) is 59.9 Å². The van der Waals surface area contributed by atoms with Gasteiger partial charge in [-0.25, -0.2) is 18.4 Å². The maximum absolute atomic E-state index is 13.2. The first-order valence-corrected chi connectivity index (χ1v) is 11.2. The molecule has 1 saturated heterocycles. The van der Waals surface area contributed by atoms with Crippen molar-refractivity contribution < 1.29 is 13.2 Å². The van der Waals surface area contributed by atoms with Crippen molar-refractivity contribution in [1.29, 1.82) is 0 Å². The normalized spacial score (nSPS) is 19.1. The van der Waals surface area contributed by atoms with Crippen LogP contribution in [0.3, 0.4) is 0 Å². The lowest BCUT2D eigenvalue weighted by atomic mass is 10.0. The number of nitrogens with zero attached hydrogens (tertiary/aromatic N) is 4. The zero-order chi connectivity index (χ0) is 19.6. The number of sulfonamides is 1. The van der Waals surface area contributed by atoms with Gasteiger partial charge in [-0.2, -0.15) is 4.31 Å². The number of hydrogen-bond donors (Lipinski definition) is 0. The first-order chi connectivity index (χ1) is 13.6. The van der Waals surface area contributed by atoms with Gasteiger partial charge in [-0.3, -0.25) is 4.90 Å². The standard InChI is InChI=1S/C20H26N4O3S/c1-27-20-21-13-16(14-22-20)15-23-11-9-18(10-12-23)24(17-7-8-17)28(25,26)19-5-3-2-4-6-19/h2-6,13-14,17-18H,7-12,15H2,1H3. The van der Waals surface area contributed by atoms with Crippen molar-refractivity contribution in [1.82, 2.24) is 19.2 Å². The van der Waals surface area contributed by atoms with Crippen LogP contribution in [0.2, 0.25) is 0 Å². The van der Waals surface area contributed by atoms with Crippen molar-refractivity contribution in [3.63, 3.8) is 0 Å². The zero-order valence-corrected chi connectivity index (χ0v) is 16.9. The first kappa shape index (κ1) is 19.3. The van der Waals surface area contributed by atoms with Crippen LogP contribution in [0.4, 0.5) is 0 Å². The molecule has 2 heterocycles. The topological polar surface area (TPSA) is 75.6 Å². The Kier molecular flexibility index (Phi) is 5.61. The lowest BCUT2D eigenvalue weighted by molar-refractivity contribution is 0.150. The van der Waals surface area contributed by atoms with E-state index in [1.807, 2.05) is 6.07 Å². The number of piperidine rings is 1. The number of benzene rings is 1. The summed E-state index contributed by atoms with van der Waals surface area (Å²) >= 11 is 0. The van der Waals surface area contributed by atoms with E-state index in [9.17, 15) is 8.42 Å². The van der Waals surface area contributed by atoms with Crippen LogP contribution in [0.25, 0.3) is 0 Å². The highest BCUT2D eigenvalue weighted by atomic mass is 32.2. The molecule has 1 aliphatic carbocycles. The predicted octanol–water partition coefficient (Wildman–Crippen LogP) is 2.30. The molecule has 0 amide bonds. The van der Waals surface area contributed by atoms with Crippen LogP contribution in [-0.2, 0) is 16.6 Å². The van der Waals surface area contributed by atoms with E-state index in [4.69, 9.17) is 4.74 Å². The Morgan fingerprint density at radius 2 is 1.64 bits per heavy atom. The summed E-state index contributed by atoms with van der Waals surface area (Å²) in [4.78, 5) is 11.0. The van der Waals surface area contributed by atoms with Crippen molar-refractivity contribution in [3.05, 3.63) is 48.3 Å². The molecule has 2 aliphatic rings. The molecule has 1 aromatic heterocycles. The van der Waals surface area contributed by atoms with Gasteiger partial charge in [0.15, 0.2) is 0 Å². The summed E-state index contributed by atoms with van der Waals surface area (Å²) in [6, 6.07) is 9.43. The van der Waals surface area contributed by atoms with Crippen molar-refractivity contribution in [2.24, 2.45) is 0 Å². The van der Waals surface area contributed by atoms with Crippen LogP contribution in [0.5, 0.6) is 6.01 Å². The van der Waals surface area contributed by atoms with Gasteiger partial charge in [0.05, 0.1) is 12.0 Å². The molecule has 0 atom stereocenters. The Hall–Kier alpha value is -2.03. The van der Waals surface area contributed by atoms with Crippen LogP contribution < -0.4 is 4.74 Å². The van der Waals surface area contributed by atoms with Gasteiger partial charge in [0.2, 0.25) is 10.0 Å². The number of rotatable bonds is 7. The highest BCUT2D eigenvalue weighted by Crippen LogP contribution is 2.36. The summed E-state index contributed by atoms with van der Waals surface area (Å²) in [7, 11) is -1.89. The molecule has 150 valence electrons. The van der Waals surface area contributed by atoms with Crippen LogP contribution in [0, 0.1) is 0 Å². The molecule has 7 nitrogen and oxygen atoms in total. The summed E-state index contributed by atoms with van der Waals surface area (Å²) in [5.41, 5.74) is 1.04. The maximum Gasteiger partial charge on any atom is 0.316 e. The quantitative estimate of drug-likeness (QED) is 0.707. The highest BCUT2D eigenvalue weighted by molar-refractivity contribution is 7.89. The van der Waals surface area contributed by atoms with Gasteiger partial charge in [0, 0.05) is 49.7 Å². The molecule has 2 fully saturated rings. The fourth-order valence-electron chi connectivity index (χ4n) is 3.85. The summed E-state index contributed by atoms with van der Waals surface area (Å²) in [6.45, 7) is 2.50. The smallest absolute Gasteiger partial charge is 0.316 e. The minimum absolute atomic E-state index is 0.0704. The molecule has 0 radical (unpaired) electrons. The molecule has 0 unspecified atom stereocenters. The van der Waals surface area contributed by atoms with E-state index in [1.165, 1.54) is 0 Å². The van der Waals surface area contributed by atoms with Gasteiger partial charge in [-0.05, 0) is 37.8 Å². The Balaban J connectivity index is 1.41. The SMILES string of the molecule is COc1ncc(CN2CCC(N(C3CC3)S(=O)(=O)c3ccccc3)CC2)cn1. The van der Waals surface area contributed by atoms with Crippen molar-refractivity contribution in [2.45, 2.75) is 49.2 Å². The minimum atomic E-state index is -3.44. The molecule has 1 aliphatic heterocycles. The molecular formula is C20H26N4O3S. The molecule has 0 spiro atoms. The maximum atomic E-state index is 13.2. The van der Waals surface area contributed by atoms with Crippen molar-refractivity contribution in [2.75, 3.05) is 20.2 Å². The van der Waals surface area contributed by atoms with Gasteiger partial charge >= 0.3 is 6.01 Å². The zero-order valence-electron chi connectivity index (χ0n) is 16.1. The summed E-state index contributed by atoms with van der Waals surface area (Å²) < 4.78 is 33.3. The second-order valence-electron chi connectivity index (χ2n) is 7.46. The second-order valence-corrected chi connectivity index (χ2v) is 9.31. The van der Waals surface area contributed by atoms with Crippen LogP contribution in [0.15, 0.2) is 47.6 Å². The van der Waals surface area contributed by atoms with Crippen LogP contribution in [0.1, 0.15) is 31.2 Å². The van der Waals surface area contributed by atoms with E-state index < -0.39 is 10.0 Å². The van der Waals surface area contributed by atoms with Gasteiger partial charge in [-0.1, -0.05) is 18.2 Å². The largest absolute Gasteiger partial charge is 0.467 e. The molecule has 0 bridgehead atoms. The molecular weight excluding hydrogens is 376 g/mol. The lowest BCUT2D eigenvalue weighted by Gasteiger charge is -2.38. The summed E-state index contributed by atoms with van der Waals surface area (Å²) in [6.07, 6.45) is 7.20. The monoisotopic (exact) mass is 402 g/mol. The number of ether oxygens (including phenoxy) is 1. The Morgan fingerprint density at radius 3 is 2.21 bits per heavy atom. The lowest BCUT2D eigenvalue weighted by Crippen LogP contribution is -2.48. The van der Waals surface area contributed by atoms with Gasteiger partial charge < -0.3 is 4.74 Å².